The van der Waals surface area contributed by atoms with Gasteiger partial charge >= 0.3 is 0 Å². The largest absolute Gasteiger partial charge is 0.312 e. The molecule has 2 aromatic heterocycles. The lowest BCUT2D eigenvalue weighted by Gasteiger charge is -2.05. The van der Waals surface area contributed by atoms with E-state index in [1.54, 1.807) is 17.5 Å². The zero-order valence-electron chi connectivity index (χ0n) is 9.37. The number of thiazole rings is 1. The molecule has 0 amide bonds. The van der Waals surface area contributed by atoms with Crippen LogP contribution in [0.15, 0.2) is 27.4 Å². The third kappa shape index (κ3) is 2.93. The highest BCUT2D eigenvalue weighted by Crippen LogP contribution is 2.32. The molecule has 0 aliphatic rings. The van der Waals surface area contributed by atoms with Crippen molar-refractivity contribution < 1.29 is 0 Å². The Morgan fingerprint density at radius 3 is 2.71 bits per heavy atom. The highest BCUT2D eigenvalue weighted by Gasteiger charge is 2.12. The fourth-order valence-electron chi connectivity index (χ4n) is 1.31. The van der Waals surface area contributed by atoms with Gasteiger partial charge in [-0.15, -0.1) is 11.3 Å². The maximum Gasteiger partial charge on any atom is 0.143 e. The molecule has 0 spiro atoms. The molecule has 3 nitrogen and oxygen atoms in total. The molecule has 1 atom stereocenters. The van der Waals surface area contributed by atoms with Gasteiger partial charge in [-0.05, 0) is 51.9 Å². The van der Waals surface area contributed by atoms with Crippen molar-refractivity contribution in [2.24, 2.45) is 0 Å². The van der Waals surface area contributed by atoms with E-state index in [9.17, 15) is 0 Å². The molecular formula is C11H11Br2N3S. The zero-order valence-corrected chi connectivity index (χ0v) is 13.4. The zero-order chi connectivity index (χ0) is 12.4. The normalized spacial score (nSPS) is 12.7. The maximum atomic E-state index is 4.42. The second kappa shape index (κ2) is 5.56. The van der Waals surface area contributed by atoms with Gasteiger partial charge in [-0.2, -0.15) is 0 Å². The first-order chi connectivity index (χ1) is 8.11. The molecular weight excluding hydrogens is 366 g/mol. The fourth-order valence-corrected chi connectivity index (χ4v) is 3.60. The summed E-state index contributed by atoms with van der Waals surface area (Å²) >= 11 is 8.55. The van der Waals surface area contributed by atoms with Gasteiger partial charge in [-0.3, -0.25) is 4.98 Å². The average Bonchev–Trinajstić information content (AvgIpc) is 2.77. The molecule has 1 N–H and O–H groups in total. The Hall–Kier alpha value is -0.300. The Balaban J connectivity index is 2.37. The van der Waals surface area contributed by atoms with Crippen molar-refractivity contribution in [2.75, 3.05) is 7.05 Å². The standard InChI is InChI=1S/C11H11Br2N3S/c1-6(14-2)9-5-16-11(17-9)10-8(13)3-7(12)4-15-10/h3-6,14H,1-2H3. The summed E-state index contributed by atoms with van der Waals surface area (Å²) in [5.41, 5.74) is 0.882. The molecule has 0 saturated carbocycles. The van der Waals surface area contributed by atoms with Crippen LogP contribution in [0.4, 0.5) is 0 Å². The third-order valence-electron chi connectivity index (χ3n) is 2.39. The van der Waals surface area contributed by atoms with E-state index in [2.05, 4.69) is 54.1 Å². The van der Waals surface area contributed by atoms with Crippen LogP contribution in [0.3, 0.4) is 0 Å². The molecule has 90 valence electrons. The van der Waals surface area contributed by atoms with Crippen LogP contribution in [0.2, 0.25) is 0 Å². The predicted octanol–water partition coefficient (Wildman–Crippen LogP) is 4.01. The average molecular weight is 377 g/mol. The molecule has 0 fully saturated rings. The van der Waals surface area contributed by atoms with E-state index in [1.165, 1.54) is 4.88 Å². The molecule has 0 saturated heterocycles. The topological polar surface area (TPSA) is 37.8 Å². The molecule has 17 heavy (non-hydrogen) atoms. The van der Waals surface area contributed by atoms with Crippen molar-refractivity contribution >= 4 is 43.2 Å². The van der Waals surface area contributed by atoms with E-state index < -0.39 is 0 Å². The molecule has 0 aromatic carbocycles. The lowest BCUT2D eigenvalue weighted by Crippen LogP contribution is -2.10. The van der Waals surface area contributed by atoms with Crippen LogP contribution in [0.1, 0.15) is 17.8 Å². The second-order valence-corrected chi connectivity index (χ2v) is 6.39. The summed E-state index contributed by atoms with van der Waals surface area (Å²) in [6, 6.07) is 2.29. The molecule has 0 radical (unpaired) electrons. The van der Waals surface area contributed by atoms with Crippen LogP contribution in [0.25, 0.3) is 10.7 Å². The van der Waals surface area contributed by atoms with Gasteiger partial charge < -0.3 is 5.32 Å². The smallest absolute Gasteiger partial charge is 0.143 e. The van der Waals surface area contributed by atoms with Crippen LogP contribution >= 0.6 is 43.2 Å². The van der Waals surface area contributed by atoms with Gasteiger partial charge in [0, 0.05) is 32.3 Å². The third-order valence-corrected chi connectivity index (χ3v) is 4.62. The first-order valence-corrected chi connectivity index (χ1v) is 7.46. The lowest BCUT2D eigenvalue weighted by molar-refractivity contribution is 0.662. The minimum absolute atomic E-state index is 0.315. The Bertz CT molecular complexity index is 527. The highest BCUT2D eigenvalue weighted by molar-refractivity contribution is 9.11. The van der Waals surface area contributed by atoms with Crippen LogP contribution < -0.4 is 5.32 Å². The molecule has 6 heteroatoms. The quantitative estimate of drug-likeness (QED) is 0.879. The first-order valence-electron chi connectivity index (χ1n) is 5.06. The number of nitrogens with zero attached hydrogens (tertiary/aromatic N) is 2. The number of hydrogen-bond acceptors (Lipinski definition) is 4. The van der Waals surface area contributed by atoms with Gasteiger partial charge in [0.05, 0.1) is 0 Å². The molecule has 0 bridgehead atoms. The van der Waals surface area contributed by atoms with E-state index in [4.69, 9.17) is 0 Å². The van der Waals surface area contributed by atoms with E-state index >= 15 is 0 Å². The maximum absolute atomic E-state index is 4.42. The second-order valence-electron chi connectivity index (χ2n) is 3.56. The van der Waals surface area contributed by atoms with Crippen molar-refractivity contribution in [3.63, 3.8) is 0 Å². The summed E-state index contributed by atoms with van der Waals surface area (Å²) in [6.45, 7) is 2.11. The van der Waals surface area contributed by atoms with Gasteiger partial charge in [-0.25, -0.2) is 4.98 Å². The van der Waals surface area contributed by atoms with Crippen LogP contribution in [0.5, 0.6) is 0 Å². The summed E-state index contributed by atoms with van der Waals surface area (Å²) in [5.74, 6) is 0. The van der Waals surface area contributed by atoms with Gasteiger partial charge in [0.25, 0.3) is 0 Å². The molecule has 2 aromatic rings. The van der Waals surface area contributed by atoms with Crippen molar-refractivity contribution in [2.45, 2.75) is 13.0 Å². The Morgan fingerprint density at radius 2 is 2.06 bits per heavy atom. The fraction of sp³-hybridized carbons (Fsp3) is 0.273. The van der Waals surface area contributed by atoms with Gasteiger partial charge in [0.15, 0.2) is 0 Å². The molecule has 1 unspecified atom stereocenters. The van der Waals surface area contributed by atoms with Crippen LogP contribution in [-0.2, 0) is 0 Å². The van der Waals surface area contributed by atoms with Gasteiger partial charge in [-0.1, -0.05) is 0 Å². The Morgan fingerprint density at radius 1 is 1.29 bits per heavy atom. The van der Waals surface area contributed by atoms with E-state index in [-0.39, 0.29) is 0 Å². The number of halogens is 2. The summed E-state index contributed by atoms with van der Waals surface area (Å²) in [7, 11) is 1.94. The summed E-state index contributed by atoms with van der Waals surface area (Å²) in [4.78, 5) is 10.0. The van der Waals surface area contributed by atoms with Crippen LogP contribution in [-0.4, -0.2) is 17.0 Å². The first kappa shape index (κ1) is 13.1. The van der Waals surface area contributed by atoms with Crippen LogP contribution in [0, 0.1) is 0 Å². The van der Waals surface area contributed by atoms with E-state index in [0.29, 0.717) is 6.04 Å². The SMILES string of the molecule is CNC(C)c1cnc(-c2ncc(Br)cc2Br)s1. The minimum Gasteiger partial charge on any atom is -0.312 e. The van der Waals surface area contributed by atoms with Crippen molar-refractivity contribution in [3.8, 4) is 10.7 Å². The van der Waals surface area contributed by atoms with Crippen molar-refractivity contribution in [1.82, 2.24) is 15.3 Å². The summed E-state index contributed by atoms with van der Waals surface area (Å²) in [5, 5.41) is 4.13. The summed E-state index contributed by atoms with van der Waals surface area (Å²) in [6.07, 6.45) is 3.68. The predicted molar refractivity (Wildman–Crippen MR) is 78.2 cm³/mol. The number of aromatic nitrogens is 2. The molecule has 2 heterocycles. The number of hydrogen-bond donors (Lipinski definition) is 1. The molecule has 0 aliphatic carbocycles. The molecule has 0 aliphatic heterocycles. The number of nitrogens with one attached hydrogen (secondary N) is 1. The van der Waals surface area contributed by atoms with Crippen molar-refractivity contribution in [1.29, 1.82) is 0 Å². The lowest BCUT2D eigenvalue weighted by atomic mass is 10.3. The number of rotatable bonds is 3. The Kier molecular flexibility index (Phi) is 4.30. The van der Waals surface area contributed by atoms with E-state index in [0.717, 1.165) is 19.6 Å². The summed E-state index contributed by atoms with van der Waals surface area (Å²) < 4.78 is 1.90. The monoisotopic (exact) mass is 375 g/mol. The molecule has 2 rings (SSSR count). The number of pyridine rings is 1. The van der Waals surface area contributed by atoms with E-state index in [1.807, 2.05) is 19.3 Å². The Labute approximate surface area is 121 Å². The minimum atomic E-state index is 0.315. The van der Waals surface area contributed by atoms with Gasteiger partial charge in [0.2, 0.25) is 0 Å². The van der Waals surface area contributed by atoms with Gasteiger partial charge in [0.1, 0.15) is 10.7 Å². The van der Waals surface area contributed by atoms with Crippen molar-refractivity contribution in [3.05, 3.63) is 32.3 Å². The highest BCUT2D eigenvalue weighted by atomic mass is 79.9.